The van der Waals surface area contributed by atoms with Gasteiger partial charge in [0.15, 0.2) is 0 Å². The summed E-state index contributed by atoms with van der Waals surface area (Å²) in [5.74, 6) is 0. The highest BCUT2D eigenvalue weighted by atomic mass is 15.2. The second-order valence-electron chi connectivity index (χ2n) is 20.3. The van der Waals surface area contributed by atoms with E-state index in [2.05, 4.69) is 250 Å². The SMILES string of the molecule is CCc1cccc(N(c2cc(-c3c(C)cccc3C)ccc2C)c2cc(N(c3cccc(CC)c3)c3cc(-c4c(C)cccc4C)ccc3C)c3ccc4cc(C(C)(C)C)cc5ccc2c3c54)c1. The normalized spacial score (nSPS) is 11.9. The highest BCUT2D eigenvalue weighted by molar-refractivity contribution is 6.29. The maximum absolute atomic E-state index is 2.57. The average molecular weight is 885 g/mol. The molecule has 2 nitrogen and oxygen atoms in total. The minimum atomic E-state index is -0.00102. The van der Waals surface area contributed by atoms with Gasteiger partial charge in [0, 0.05) is 38.9 Å². The molecule has 0 aliphatic carbocycles. The lowest BCUT2D eigenvalue weighted by Gasteiger charge is -2.34. The van der Waals surface area contributed by atoms with Crippen LogP contribution in [0.2, 0.25) is 0 Å². The molecule has 10 rings (SSSR count). The Bertz CT molecular complexity index is 3280. The van der Waals surface area contributed by atoms with Crippen molar-refractivity contribution in [3.63, 3.8) is 0 Å². The summed E-state index contributed by atoms with van der Waals surface area (Å²) in [4.78, 5) is 5.14. The Morgan fingerprint density at radius 1 is 0.368 bits per heavy atom. The first-order valence-corrected chi connectivity index (χ1v) is 24.6. The van der Waals surface area contributed by atoms with Crippen LogP contribution in [-0.4, -0.2) is 0 Å². The van der Waals surface area contributed by atoms with Crippen molar-refractivity contribution < 1.29 is 0 Å². The van der Waals surface area contributed by atoms with Gasteiger partial charge in [0.25, 0.3) is 0 Å². The molecule has 0 radical (unpaired) electrons. The summed E-state index contributed by atoms with van der Waals surface area (Å²) in [6.45, 7) is 25.0. The highest BCUT2D eigenvalue weighted by Crippen LogP contribution is 2.52. The summed E-state index contributed by atoms with van der Waals surface area (Å²) >= 11 is 0. The third-order valence-corrected chi connectivity index (χ3v) is 14.6. The molecule has 338 valence electrons. The second-order valence-corrected chi connectivity index (χ2v) is 20.3. The number of rotatable bonds is 10. The van der Waals surface area contributed by atoms with Crippen molar-refractivity contribution in [3.05, 3.63) is 214 Å². The number of benzene rings is 10. The average Bonchev–Trinajstić information content (AvgIpc) is 3.32. The molecule has 0 aromatic heterocycles. The van der Waals surface area contributed by atoms with E-state index in [1.54, 1.807) is 0 Å². The van der Waals surface area contributed by atoms with Crippen LogP contribution in [0.15, 0.2) is 164 Å². The number of anilines is 6. The molecule has 10 aromatic rings. The van der Waals surface area contributed by atoms with Gasteiger partial charge >= 0.3 is 0 Å². The van der Waals surface area contributed by atoms with Gasteiger partial charge in [-0.2, -0.15) is 0 Å². The molecule has 0 unspecified atom stereocenters. The topological polar surface area (TPSA) is 6.48 Å². The van der Waals surface area contributed by atoms with E-state index in [0.29, 0.717) is 0 Å². The molecular formula is C66H64N2. The van der Waals surface area contributed by atoms with Crippen molar-refractivity contribution in [1.29, 1.82) is 0 Å². The van der Waals surface area contributed by atoms with Gasteiger partial charge in [0.1, 0.15) is 0 Å². The Labute approximate surface area is 404 Å². The van der Waals surface area contributed by atoms with Gasteiger partial charge in [-0.3, -0.25) is 0 Å². The molecule has 0 bridgehead atoms. The van der Waals surface area contributed by atoms with Crippen molar-refractivity contribution in [2.75, 3.05) is 9.80 Å². The smallest absolute Gasteiger partial charge is 0.0561 e. The quantitative estimate of drug-likeness (QED) is 0.126. The van der Waals surface area contributed by atoms with Crippen molar-refractivity contribution in [2.24, 2.45) is 0 Å². The minimum Gasteiger partial charge on any atom is -0.309 e. The van der Waals surface area contributed by atoms with E-state index in [-0.39, 0.29) is 5.41 Å². The lowest BCUT2D eigenvalue weighted by Crippen LogP contribution is -2.16. The molecule has 10 aromatic carbocycles. The number of nitrogens with zero attached hydrogens (tertiary/aromatic N) is 2. The van der Waals surface area contributed by atoms with Gasteiger partial charge in [-0.25, -0.2) is 0 Å². The summed E-state index contributed by atoms with van der Waals surface area (Å²) in [6, 6.07) is 62.8. The zero-order valence-electron chi connectivity index (χ0n) is 41.9. The first-order chi connectivity index (χ1) is 32.7. The monoisotopic (exact) mass is 885 g/mol. The third-order valence-electron chi connectivity index (χ3n) is 14.6. The van der Waals surface area contributed by atoms with Crippen LogP contribution in [0.1, 0.15) is 84.7 Å². The molecule has 0 fully saturated rings. The Hall–Kier alpha value is -7.16. The fourth-order valence-corrected chi connectivity index (χ4v) is 10.9. The molecular weight excluding hydrogens is 821 g/mol. The van der Waals surface area contributed by atoms with Gasteiger partial charge in [-0.05, 0) is 191 Å². The highest BCUT2D eigenvalue weighted by Gasteiger charge is 2.28. The molecule has 0 aliphatic rings. The fraction of sp³-hybridized carbons (Fsp3) is 0.212. The standard InChI is InChI=1S/C66H64N2/c1-12-47-22-16-24-54(34-47)67(58-38-51(28-26-41(58)3)62-43(5)18-14-19-44(62)6)60-40-61(57-33-31-50-37-53(66(9,10)11)36-49-30-32-56(60)65(57)64(49)50)68(55-25-17-23-48(13-2)35-55)59-39-52(29-27-42(59)4)63-45(7)20-15-21-46(63)8/h14-40H,12-13H2,1-11H3. The Morgan fingerprint density at radius 2 is 0.779 bits per heavy atom. The van der Waals surface area contributed by atoms with E-state index in [4.69, 9.17) is 0 Å². The molecule has 68 heavy (non-hydrogen) atoms. The van der Waals surface area contributed by atoms with E-state index in [9.17, 15) is 0 Å². The summed E-state index contributed by atoms with van der Waals surface area (Å²) in [7, 11) is 0. The van der Waals surface area contributed by atoms with Crippen LogP contribution < -0.4 is 9.80 Å². The number of aryl methyl sites for hydroxylation is 8. The first kappa shape index (κ1) is 44.7. The van der Waals surface area contributed by atoms with Gasteiger partial charge in [0.2, 0.25) is 0 Å². The number of hydrogen-bond acceptors (Lipinski definition) is 2. The van der Waals surface area contributed by atoms with Gasteiger partial charge in [-0.15, -0.1) is 0 Å². The largest absolute Gasteiger partial charge is 0.309 e. The third kappa shape index (κ3) is 7.80. The van der Waals surface area contributed by atoms with Crippen molar-refractivity contribution >= 4 is 66.4 Å². The Morgan fingerprint density at radius 3 is 1.18 bits per heavy atom. The molecule has 0 aliphatic heterocycles. The predicted octanol–water partition coefficient (Wildman–Crippen LogP) is 19.1. The van der Waals surface area contributed by atoms with Crippen LogP contribution in [0.5, 0.6) is 0 Å². The zero-order valence-corrected chi connectivity index (χ0v) is 41.9. The molecule has 0 heterocycles. The summed E-state index contributed by atoms with van der Waals surface area (Å²) in [6.07, 6.45) is 1.89. The van der Waals surface area contributed by atoms with Crippen LogP contribution in [-0.2, 0) is 18.3 Å². The van der Waals surface area contributed by atoms with Crippen LogP contribution in [0.3, 0.4) is 0 Å². The van der Waals surface area contributed by atoms with Crippen molar-refractivity contribution in [2.45, 2.75) is 94.4 Å². The molecule has 2 heteroatoms. The maximum atomic E-state index is 2.57. The molecule has 0 spiro atoms. The van der Waals surface area contributed by atoms with Gasteiger partial charge < -0.3 is 9.80 Å². The van der Waals surface area contributed by atoms with E-state index >= 15 is 0 Å². The lowest BCUT2D eigenvalue weighted by molar-refractivity contribution is 0.591. The zero-order chi connectivity index (χ0) is 47.6. The molecule has 0 saturated carbocycles. The van der Waals surface area contributed by atoms with Crippen LogP contribution >= 0.6 is 0 Å². The Balaban J connectivity index is 1.37. The lowest BCUT2D eigenvalue weighted by atomic mass is 9.83. The molecule has 0 atom stereocenters. The van der Waals surface area contributed by atoms with Crippen LogP contribution in [0.4, 0.5) is 34.1 Å². The van der Waals surface area contributed by atoms with E-state index < -0.39 is 0 Å². The molecule has 0 N–H and O–H groups in total. The molecule has 0 saturated heterocycles. The predicted molar refractivity (Wildman–Crippen MR) is 296 cm³/mol. The number of hydrogen-bond donors (Lipinski definition) is 0. The van der Waals surface area contributed by atoms with Gasteiger partial charge in [0.05, 0.1) is 11.4 Å². The van der Waals surface area contributed by atoms with E-state index in [1.165, 1.54) is 116 Å². The van der Waals surface area contributed by atoms with Crippen LogP contribution in [0.25, 0.3) is 54.6 Å². The Kier molecular flexibility index (Phi) is 11.5. The van der Waals surface area contributed by atoms with E-state index in [1.807, 2.05) is 0 Å². The van der Waals surface area contributed by atoms with Crippen molar-refractivity contribution in [1.82, 2.24) is 0 Å². The fourth-order valence-electron chi connectivity index (χ4n) is 10.9. The van der Waals surface area contributed by atoms with Crippen LogP contribution in [0, 0.1) is 41.5 Å². The maximum Gasteiger partial charge on any atom is 0.0561 e. The second kappa shape index (κ2) is 17.5. The van der Waals surface area contributed by atoms with Gasteiger partial charge in [-0.1, -0.05) is 156 Å². The molecule has 0 amide bonds. The summed E-state index contributed by atoms with van der Waals surface area (Å²) < 4.78 is 0. The first-order valence-electron chi connectivity index (χ1n) is 24.6. The van der Waals surface area contributed by atoms with E-state index in [0.717, 1.165) is 35.6 Å². The van der Waals surface area contributed by atoms with Crippen molar-refractivity contribution in [3.8, 4) is 22.3 Å². The summed E-state index contributed by atoms with van der Waals surface area (Å²) in [5.41, 5.74) is 23.5. The minimum absolute atomic E-state index is 0.00102. The summed E-state index contributed by atoms with van der Waals surface area (Å²) in [5, 5.41) is 7.60.